The van der Waals surface area contributed by atoms with E-state index in [9.17, 15) is 4.79 Å². The topological polar surface area (TPSA) is 77.8 Å². The largest absolute Gasteiger partial charge is 0.481 e. The Hall–Kier alpha value is -2.37. The second-order valence-electron chi connectivity index (χ2n) is 4.43. The van der Waals surface area contributed by atoms with Crippen LogP contribution in [0.3, 0.4) is 0 Å². The predicted molar refractivity (Wildman–Crippen MR) is 84.2 cm³/mol. The number of unbranched alkanes of at least 4 members (excludes halogenated alkanes) is 5. The Kier molecular flexibility index (Phi) is 13.4. The number of aliphatic hydroxyl groups is 2. The van der Waals surface area contributed by atoms with E-state index in [2.05, 4.69) is 47.4 Å². The summed E-state index contributed by atoms with van der Waals surface area (Å²) in [6.07, 6.45) is 4.70. The summed E-state index contributed by atoms with van der Waals surface area (Å²) in [5.41, 5.74) is 0. The molecule has 116 valence electrons. The SMILES string of the molecule is O=C(O)CCCCCCCC#CC#CC#CC#C[C@@H](O)CO. The maximum absolute atomic E-state index is 10.3. The molecule has 0 bridgehead atoms. The van der Waals surface area contributed by atoms with E-state index in [-0.39, 0.29) is 6.42 Å². The molecule has 4 nitrogen and oxygen atoms in total. The lowest BCUT2D eigenvalue weighted by atomic mass is 10.1. The van der Waals surface area contributed by atoms with Crippen molar-refractivity contribution in [2.45, 2.75) is 51.0 Å². The van der Waals surface area contributed by atoms with E-state index >= 15 is 0 Å². The van der Waals surface area contributed by atoms with Crippen molar-refractivity contribution in [3.8, 4) is 47.4 Å². The van der Waals surface area contributed by atoms with Crippen LogP contribution in [0.15, 0.2) is 0 Å². The van der Waals surface area contributed by atoms with Crippen molar-refractivity contribution < 1.29 is 20.1 Å². The number of carboxylic acids is 1. The summed E-state index contributed by atoms with van der Waals surface area (Å²) in [7, 11) is 0. The molecule has 0 spiro atoms. The summed E-state index contributed by atoms with van der Waals surface area (Å²) in [6, 6.07) is 0. The molecule has 0 saturated carbocycles. The molecular formula is C18H20O4. The molecule has 3 N–H and O–H groups in total. The number of hydrogen-bond donors (Lipinski definition) is 3. The molecule has 0 aromatic carbocycles. The third kappa shape index (κ3) is 15.7. The molecule has 0 aliphatic heterocycles. The maximum Gasteiger partial charge on any atom is 0.303 e. The van der Waals surface area contributed by atoms with E-state index in [1.165, 1.54) is 0 Å². The van der Waals surface area contributed by atoms with Gasteiger partial charge in [0, 0.05) is 12.8 Å². The van der Waals surface area contributed by atoms with Crippen LogP contribution in [0.1, 0.15) is 44.9 Å². The summed E-state index contributed by atoms with van der Waals surface area (Å²) >= 11 is 0. The van der Waals surface area contributed by atoms with Gasteiger partial charge >= 0.3 is 5.97 Å². The Morgan fingerprint density at radius 3 is 2.14 bits per heavy atom. The van der Waals surface area contributed by atoms with Gasteiger partial charge in [-0.25, -0.2) is 0 Å². The number of carbonyl (C=O) groups is 1. The van der Waals surface area contributed by atoms with Crippen molar-refractivity contribution in [2.75, 3.05) is 6.61 Å². The zero-order valence-electron chi connectivity index (χ0n) is 12.5. The van der Waals surface area contributed by atoms with Crippen LogP contribution >= 0.6 is 0 Å². The van der Waals surface area contributed by atoms with Gasteiger partial charge in [0.05, 0.1) is 6.61 Å². The molecule has 0 heterocycles. The molecular weight excluding hydrogens is 280 g/mol. The zero-order chi connectivity index (χ0) is 16.5. The van der Waals surface area contributed by atoms with Gasteiger partial charge in [-0.2, -0.15) is 0 Å². The summed E-state index contributed by atoms with van der Waals surface area (Å²) in [5.74, 6) is 19.6. The molecule has 0 rings (SSSR count). The average Bonchev–Trinajstić information content (AvgIpc) is 2.50. The lowest BCUT2D eigenvalue weighted by molar-refractivity contribution is -0.137. The van der Waals surface area contributed by atoms with Crippen LogP contribution in [0.5, 0.6) is 0 Å². The van der Waals surface area contributed by atoms with Gasteiger partial charge < -0.3 is 15.3 Å². The molecule has 0 aliphatic rings. The first-order chi connectivity index (χ1) is 10.7. The molecule has 1 atom stereocenters. The molecule has 0 amide bonds. The van der Waals surface area contributed by atoms with E-state index in [0.717, 1.165) is 38.5 Å². The van der Waals surface area contributed by atoms with Crippen LogP contribution in [0.2, 0.25) is 0 Å². The maximum atomic E-state index is 10.3. The highest BCUT2D eigenvalue weighted by molar-refractivity contribution is 5.66. The Morgan fingerprint density at radius 2 is 1.45 bits per heavy atom. The second kappa shape index (κ2) is 15.0. The molecule has 4 heteroatoms. The standard InChI is InChI=1S/C18H20O4/c19-16-17(20)14-12-10-8-6-4-2-1-3-5-7-9-11-13-15-18(21)22/h17,19-20H,3,5,7,9,11,13,15-16H2,(H,21,22)/t17-/m1/s1. The van der Waals surface area contributed by atoms with Gasteiger partial charge in [0.2, 0.25) is 0 Å². The Morgan fingerprint density at radius 1 is 0.864 bits per heavy atom. The van der Waals surface area contributed by atoms with E-state index in [1.807, 2.05) is 0 Å². The van der Waals surface area contributed by atoms with Crippen LogP contribution in [0.25, 0.3) is 0 Å². The van der Waals surface area contributed by atoms with E-state index < -0.39 is 18.7 Å². The molecule has 0 aromatic heterocycles. The first-order valence-corrected chi connectivity index (χ1v) is 7.16. The van der Waals surface area contributed by atoms with Crippen LogP contribution in [0, 0.1) is 47.4 Å². The fourth-order valence-electron chi connectivity index (χ4n) is 1.42. The normalized spacial score (nSPS) is 9.55. The third-order valence-corrected chi connectivity index (χ3v) is 2.51. The Balaban J connectivity index is 3.65. The molecule has 22 heavy (non-hydrogen) atoms. The lowest BCUT2D eigenvalue weighted by Crippen LogP contribution is -2.07. The van der Waals surface area contributed by atoms with Gasteiger partial charge in [-0.1, -0.05) is 31.1 Å². The summed E-state index contributed by atoms with van der Waals surface area (Å²) in [6.45, 7) is -0.411. The van der Waals surface area contributed by atoms with Gasteiger partial charge in [-0.05, 0) is 48.4 Å². The molecule has 0 fully saturated rings. The van der Waals surface area contributed by atoms with E-state index in [0.29, 0.717) is 0 Å². The van der Waals surface area contributed by atoms with Gasteiger partial charge in [0.15, 0.2) is 0 Å². The fourth-order valence-corrected chi connectivity index (χ4v) is 1.42. The number of hydrogen-bond acceptors (Lipinski definition) is 3. The van der Waals surface area contributed by atoms with Crippen LogP contribution < -0.4 is 0 Å². The molecule has 0 aromatic rings. The number of aliphatic carboxylic acids is 1. The van der Waals surface area contributed by atoms with Gasteiger partial charge in [-0.15, -0.1) is 0 Å². The van der Waals surface area contributed by atoms with Crippen LogP contribution in [-0.2, 0) is 4.79 Å². The van der Waals surface area contributed by atoms with E-state index in [4.69, 9.17) is 15.3 Å². The van der Waals surface area contributed by atoms with Crippen LogP contribution in [-0.4, -0.2) is 34.0 Å². The van der Waals surface area contributed by atoms with E-state index in [1.54, 1.807) is 0 Å². The van der Waals surface area contributed by atoms with Crippen molar-refractivity contribution in [1.29, 1.82) is 0 Å². The van der Waals surface area contributed by atoms with Gasteiger partial charge in [0.1, 0.15) is 6.10 Å². The first kappa shape index (κ1) is 19.6. The van der Waals surface area contributed by atoms with Crippen LogP contribution in [0.4, 0.5) is 0 Å². The number of carboxylic acid groups (broad SMARTS) is 1. The minimum absolute atomic E-state index is 0.250. The van der Waals surface area contributed by atoms with Gasteiger partial charge in [0.25, 0.3) is 0 Å². The summed E-state index contributed by atoms with van der Waals surface area (Å²) in [5, 5.41) is 25.9. The highest BCUT2D eigenvalue weighted by atomic mass is 16.4. The van der Waals surface area contributed by atoms with Crippen molar-refractivity contribution in [1.82, 2.24) is 0 Å². The minimum Gasteiger partial charge on any atom is -0.481 e. The van der Waals surface area contributed by atoms with Crippen molar-refractivity contribution in [3.63, 3.8) is 0 Å². The first-order valence-electron chi connectivity index (χ1n) is 7.16. The summed E-state index contributed by atoms with van der Waals surface area (Å²) < 4.78 is 0. The van der Waals surface area contributed by atoms with Crippen molar-refractivity contribution in [3.05, 3.63) is 0 Å². The third-order valence-electron chi connectivity index (χ3n) is 2.51. The zero-order valence-corrected chi connectivity index (χ0v) is 12.5. The molecule has 0 unspecified atom stereocenters. The molecule has 0 radical (unpaired) electrons. The molecule has 0 saturated heterocycles. The van der Waals surface area contributed by atoms with Gasteiger partial charge in [-0.3, -0.25) is 4.79 Å². The molecule has 0 aliphatic carbocycles. The highest BCUT2D eigenvalue weighted by Gasteiger charge is 1.95. The monoisotopic (exact) mass is 300 g/mol. The average molecular weight is 300 g/mol. The van der Waals surface area contributed by atoms with Crippen molar-refractivity contribution in [2.24, 2.45) is 0 Å². The Bertz CT molecular complexity index is 561. The quantitative estimate of drug-likeness (QED) is 0.464. The predicted octanol–water partition coefficient (Wildman–Crippen LogP) is 1.17. The summed E-state index contributed by atoms with van der Waals surface area (Å²) in [4.78, 5) is 10.3. The number of rotatable bonds is 8. The number of aliphatic hydroxyl groups excluding tert-OH is 2. The fraction of sp³-hybridized carbons (Fsp3) is 0.500. The second-order valence-corrected chi connectivity index (χ2v) is 4.43. The minimum atomic E-state index is -1.06. The lowest BCUT2D eigenvalue weighted by Gasteiger charge is -1.96. The van der Waals surface area contributed by atoms with Crippen molar-refractivity contribution >= 4 is 5.97 Å². The smallest absolute Gasteiger partial charge is 0.303 e. The highest BCUT2D eigenvalue weighted by Crippen LogP contribution is 2.06. The Labute approximate surface area is 131 Å².